The second kappa shape index (κ2) is 8.71. The van der Waals surface area contributed by atoms with Crippen LogP contribution in [0.2, 0.25) is 5.02 Å². The van der Waals surface area contributed by atoms with E-state index in [2.05, 4.69) is 37.0 Å². The average molecular weight is 421 g/mol. The summed E-state index contributed by atoms with van der Waals surface area (Å²) in [5.74, 6) is 1.02. The number of hydrogen-bond acceptors (Lipinski definition) is 7. The number of carbonyl (C=O) groups is 1. The maximum Gasteiger partial charge on any atom is 0.277 e. The molecule has 0 aliphatic carbocycles. The molecule has 2 saturated heterocycles. The van der Waals surface area contributed by atoms with Gasteiger partial charge in [-0.25, -0.2) is 15.0 Å². The van der Waals surface area contributed by atoms with E-state index in [9.17, 15) is 4.79 Å². The Hall–Kier alpha value is -1.77. The molecule has 0 spiro atoms. The number of anilines is 2. The minimum Gasteiger partial charge on any atom is -0.341 e. The number of aromatic nitrogens is 3. The third-order valence-electron chi connectivity index (χ3n) is 5.37. The van der Waals surface area contributed by atoms with E-state index in [1.165, 1.54) is 30.4 Å². The van der Waals surface area contributed by atoms with Crippen LogP contribution < -0.4 is 10.2 Å². The molecule has 9 heteroatoms. The maximum atomic E-state index is 12.7. The molecule has 2 fully saturated rings. The Kier molecular flexibility index (Phi) is 6.08. The number of carbonyl (C=O) groups excluding carboxylic acids is 1. The number of thiazole rings is 1. The molecule has 150 valence electrons. The van der Waals surface area contributed by atoms with E-state index in [1.54, 1.807) is 0 Å². The number of halogens is 1. The molecule has 0 aromatic carbocycles. The van der Waals surface area contributed by atoms with Crippen molar-refractivity contribution in [2.75, 3.05) is 36.4 Å². The zero-order valence-electron chi connectivity index (χ0n) is 16.0. The molecule has 2 aromatic rings. The highest BCUT2D eigenvalue weighted by atomic mass is 35.5. The maximum absolute atomic E-state index is 12.7. The first-order valence-corrected chi connectivity index (χ1v) is 11.1. The number of rotatable bonds is 5. The molecule has 0 bridgehead atoms. The summed E-state index contributed by atoms with van der Waals surface area (Å²) in [4.78, 5) is 30.4. The van der Waals surface area contributed by atoms with Crippen molar-refractivity contribution < 1.29 is 4.79 Å². The normalized spacial score (nSPS) is 18.6. The molecule has 2 aliphatic heterocycles. The predicted octanol–water partition coefficient (Wildman–Crippen LogP) is 3.67. The van der Waals surface area contributed by atoms with Gasteiger partial charge >= 0.3 is 0 Å². The largest absolute Gasteiger partial charge is 0.341 e. The number of nitrogens with one attached hydrogen (secondary N) is 1. The van der Waals surface area contributed by atoms with Gasteiger partial charge in [0.25, 0.3) is 5.91 Å². The third kappa shape index (κ3) is 4.61. The Balaban J connectivity index is 1.40. The smallest absolute Gasteiger partial charge is 0.277 e. The zero-order valence-corrected chi connectivity index (χ0v) is 17.6. The van der Waals surface area contributed by atoms with Gasteiger partial charge in [0.15, 0.2) is 10.8 Å². The molecule has 28 heavy (non-hydrogen) atoms. The lowest BCUT2D eigenvalue weighted by Gasteiger charge is -2.29. The molecule has 0 radical (unpaired) electrons. The topological polar surface area (TPSA) is 74.2 Å². The van der Waals surface area contributed by atoms with E-state index in [4.69, 9.17) is 11.6 Å². The molecule has 0 unspecified atom stereocenters. The number of nitrogens with zero attached hydrogens (tertiary/aromatic N) is 5. The third-order valence-corrected chi connectivity index (χ3v) is 6.45. The van der Waals surface area contributed by atoms with Crippen molar-refractivity contribution in [3.63, 3.8) is 0 Å². The van der Waals surface area contributed by atoms with Gasteiger partial charge in [0, 0.05) is 25.0 Å². The molecule has 1 amide bonds. The minimum absolute atomic E-state index is 0.195. The van der Waals surface area contributed by atoms with Gasteiger partial charge in [0.2, 0.25) is 5.95 Å². The van der Waals surface area contributed by atoms with E-state index in [0.717, 1.165) is 57.2 Å². The monoisotopic (exact) mass is 420 g/mol. The van der Waals surface area contributed by atoms with Crippen LogP contribution in [0.25, 0.3) is 0 Å². The Morgan fingerprint density at radius 2 is 2.00 bits per heavy atom. The SMILES string of the molecule is CC1CCN(Cc2csc(NC(=O)c3nc(N4CCCC4)ncc3Cl)n2)CC1. The van der Waals surface area contributed by atoms with Gasteiger partial charge in [-0.15, -0.1) is 11.3 Å². The zero-order chi connectivity index (χ0) is 19.5. The Morgan fingerprint density at radius 3 is 2.75 bits per heavy atom. The van der Waals surface area contributed by atoms with E-state index in [1.807, 2.05) is 5.38 Å². The van der Waals surface area contributed by atoms with Crippen molar-refractivity contribution in [1.29, 1.82) is 0 Å². The summed E-state index contributed by atoms with van der Waals surface area (Å²) in [5.41, 5.74) is 1.18. The lowest BCUT2D eigenvalue weighted by atomic mass is 9.99. The fourth-order valence-electron chi connectivity index (χ4n) is 3.63. The van der Waals surface area contributed by atoms with Gasteiger partial charge in [-0.2, -0.15) is 0 Å². The summed E-state index contributed by atoms with van der Waals surface area (Å²) >= 11 is 7.61. The van der Waals surface area contributed by atoms with Crippen LogP contribution >= 0.6 is 22.9 Å². The van der Waals surface area contributed by atoms with E-state index < -0.39 is 0 Å². The standard InChI is InChI=1S/C19H25ClN6OS/c1-13-4-8-25(9-5-13)11-14-12-28-19(22-14)24-17(27)16-15(20)10-21-18(23-16)26-6-2-3-7-26/h10,12-13H,2-9,11H2,1H3,(H,22,24,27). The first-order chi connectivity index (χ1) is 13.6. The summed E-state index contributed by atoms with van der Waals surface area (Å²) in [6.07, 6.45) is 6.21. The summed E-state index contributed by atoms with van der Waals surface area (Å²) in [6, 6.07) is 0. The van der Waals surface area contributed by atoms with Crippen molar-refractivity contribution in [1.82, 2.24) is 19.9 Å². The fraction of sp³-hybridized carbons (Fsp3) is 0.579. The predicted molar refractivity (Wildman–Crippen MR) is 112 cm³/mol. The van der Waals surface area contributed by atoms with Gasteiger partial charge in [0.05, 0.1) is 16.9 Å². The molecular weight excluding hydrogens is 396 g/mol. The highest BCUT2D eigenvalue weighted by molar-refractivity contribution is 7.14. The van der Waals surface area contributed by atoms with Gasteiger partial charge in [-0.1, -0.05) is 18.5 Å². The van der Waals surface area contributed by atoms with Crippen molar-refractivity contribution in [2.24, 2.45) is 5.92 Å². The molecule has 0 saturated carbocycles. The molecule has 1 N–H and O–H groups in total. The van der Waals surface area contributed by atoms with Crippen molar-refractivity contribution in [3.8, 4) is 0 Å². The van der Waals surface area contributed by atoms with Gasteiger partial charge in [-0.05, 0) is 44.7 Å². The first-order valence-electron chi connectivity index (χ1n) is 9.84. The lowest BCUT2D eigenvalue weighted by molar-refractivity contribution is 0.102. The van der Waals surface area contributed by atoms with Crippen LogP contribution in [0.3, 0.4) is 0 Å². The molecule has 7 nitrogen and oxygen atoms in total. The van der Waals surface area contributed by atoms with Gasteiger partial charge in [0.1, 0.15) is 0 Å². The fourth-order valence-corrected chi connectivity index (χ4v) is 4.50. The Labute approximate surface area is 174 Å². The minimum atomic E-state index is -0.347. The van der Waals surface area contributed by atoms with Crippen LogP contribution in [0.1, 0.15) is 48.8 Å². The van der Waals surface area contributed by atoms with Crippen LogP contribution in [0.4, 0.5) is 11.1 Å². The van der Waals surface area contributed by atoms with Crippen LogP contribution in [0.15, 0.2) is 11.6 Å². The number of hydrogen-bond donors (Lipinski definition) is 1. The van der Waals surface area contributed by atoms with Gasteiger partial charge < -0.3 is 4.90 Å². The Morgan fingerprint density at radius 1 is 1.25 bits per heavy atom. The van der Waals surface area contributed by atoms with Crippen molar-refractivity contribution >= 4 is 39.9 Å². The van der Waals surface area contributed by atoms with Gasteiger partial charge in [-0.3, -0.25) is 15.0 Å². The molecule has 4 rings (SSSR count). The number of amides is 1. The number of piperidine rings is 1. The van der Waals surface area contributed by atoms with E-state index >= 15 is 0 Å². The van der Waals surface area contributed by atoms with Crippen LogP contribution in [0, 0.1) is 5.92 Å². The van der Waals surface area contributed by atoms with Crippen LogP contribution in [-0.2, 0) is 6.54 Å². The highest BCUT2D eigenvalue weighted by Gasteiger charge is 2.21. The second-order valence-corrected chi connectivity index (χ2v) is 8.88. The molecular formula is C19H25ClN6OS. The van der Waals surface area contributed by atoms with Crippen LogP contribution in [0.5, 0.6) is 0 Å². The molecule has 2 aliphatic rings. The first kappa shape index (κ1) is 19.5. The lowest BCUT2D eigenvalue weighted by Crippen LogP contribution is -2.32. The Bertz CT molecular complexity index is 830. The van der Waals surface area contributed by atoms with Crippen molar-refractivity contribution in [3.05, 3.63) is 28.0 Å². The average Bonchev–Trinajstić information content (AvgIpc) is 3.36. The summed E-state index contributed by atoms with van der Waals surface area (Å²) < 4.78 is 0. The summed E-state index contributed by atoms with van der Waals surface area (Å²) in [7, 11) is 0. The highest BCUT2D eigenvalue weighted by Crippen LogP contribution is 2.23. The molecule has 0 atom stereocenters. The van der Waals surface area contributed by atoms with E-state index in [0.29, 0.717) is 11.1 Å². The van der Waals surface area contributed by atoms with E-state index in [-0.39, 0.29) is 16.6 Å². The molecule has 4 heterocycles. The second-order valence-electron chi connectivity index (χ2n) is 7.62. The number of likely N-dealkylation sites (tertiary alicyclic amines) is 1. The van der Waals surface area contributed by atoms with Crippen molar-refractivity contribution in [2.45, 2.75) is 39.2 Å². The van der Waals surface area contributed by atoms with Crippen LogP contribution in [-0.4, -0.2) is 51.9 Å². The summed E-state index contributed by atoms with van der Waals surface area (Å²) in [5, 5.41) is 5.66. The molecule has 2 aromatic heterocycles. The quantitative estimate of drug-likeness (QED) is 0.795. The summed E-state index contributed by atoms with van der Waals surface area (Å²) in [6.45, 7) is 7.17.